The lowest BCUT2D eigenvalue weighted by Crippen LogP contribution is -1.92. The average molecular weight is 213 g/mol. The highest BCUT2D eigenvalue weighted by Crippen LogP contribution is 2.08. The number of carbonyl (C=O) groups is 1. The molecule has 0 aliphatic carbocycles. The minimum atomic E-state index is -0.281. The molecule has 0 aliphatic rings. The summed E-state index contributed by atoms with van der Waals surface area (Å²) in [5, 5.41) is 0.647. The Labute approximate surface area is 86.7 Å². The van der Waals surface area contributed by atoms with Gasteiger partial charge in [0.1, 0.15) is 0 Å². The maximum absolute atomic E-state index is 10.7. The lowest BCUT2D eigenvalue weighted by molar-refractivity contribution is -0.111. The van der Waals surface area contributed by atoms with Gasteiger partial charge in [0.25, 0.3) is 0 Å². The highest BCUT2D eigenvalue weighted by molar-refractivity contribution is 6.31. The number of rotatable bonds is 1. The molecule has 0 aliphatic heterocycles. The average Bonchev–Trinajstić information content (AvgIpc) is 2.16. The Hall–Kier alpha value is -0.970. The Morgan fingerprint density at radius 3 is 2.46 bits per heavy atom. The second-order valence-electron chi connectivity index (χ2n) is 2.31. The zero-order chi connectivity index (χ0) is 9.68. The molecule has 0 N–H and O–H groups in total. The fraction of sp³-hybridized carbons (Fsp3) is 0.100. The van der Waals surface area contributed by atoms with Gasteiger partial charge >= 0.3 is 0 Å². The molecule has 0 saturated heterocycles. The van der Waals surface area contributed by atoms with Gasteiger partial charge in [-0.25, -0.2) is 0 Å². The summed E-state index contributed by atoms with van der Waals surface area (Å²) in [4.78, 5) is 10.7. The Kier molecular flexibility index (Phi) is 3.82. The van der Waals surface area contributed by atoms with Crippen LogP contribution in [0.3, 0.4) is 0 Å². The first-order valence-corrected chi connectivity index (χ1v) is 4.50. The van der Waals surface area contributed by atoms with Crippen LogP contribution in [0.2, 0.25) is 5.02 Å². The summed E-state index contributed by atoms with van der Waals surface area (Å²) in [5.74, 6) is 4.73. The number of halogens is 2. The molecule has 0 atom stereocenters. The van der Waals surface area contributed by atoms with Crippen LogP contribution in [-0.4, -0.2) is 11.7 Å². The monoisotopic (exact) mass is 212 g/mol. The van der Waals surface area contributed by atoms with Crippen molar-refractivity contribution in [1.82, 2.24) is 0 Å². The Morgan fingerprint density at radius 1 is 1.31 bits per heavy atom. The molecule has 0 heterocycles. The van der Waals surface area contributed by atoms with Gasteiger partial charge < -0.3 is 0 Å². The molecule has 0 radical (unpaired) electrons. The first-order valence-electron chi connectivity index (χ1n) is 3.59. The van der Waals surface area contributed by atoms with Crippen LogP contribution in [0.1, 0.15) is 5.56 Å². The number of carbonyl (C=O) groups excluding carboxylic acids is 1. The molecule has 1 rings (SSSR count). The number of benzene rings is 1. The van der Waals surface area contributed by atoms with E-state index in [0.29, 0.717) is 5.02 Å². The summed E-state index contributed by atoms with van der Waals surface area (Å²) in [6, 6.07) is 6.93. The Bertz CT molecular complexity index is 357. The molecule has 3 heteroatoms. The molecule has 0 unspecified atom stereocenters. The number of ketones is 1. The maximum atomic E-state index is 10.7. The Morgan fingerprint density at radius 2 is 1.92 bits per heavy atom. The van der Waals surface area contributed by atoms with Crippen LogP contribution < -0.4 is 0 Å². The fourth-order valence-electron chi connectivity index (χ4n) is 0.709. The van der Waals surface area contributed by atoms with Crippen LogP contribution in [0.25, 0.3) is 0 Å². The van der Waals surface area contributed by atoms with Gasteiger partial charge in [0.05, 0.1) is 5.88 Å². The molecule has 1 aromatic rings. The van der Waals surface area contributed by atoms with E-state index in [4.69, 9.17) is 23.2 Å². The van der Waals surface area contributed by atoms with Crippen molar-refractivity contribution in [2.75, 3.05) is 5.88 Å². The number of hydrogen-bond acceptors (Lipinski definition) is 1. The third-order valence-corrected chi connectivity index (χ3v) is 1.81. The van der Waals surface area contributed by atoms with E-state index in [1.54, 1.807) is 24.3 Å². The molecule has 13 heavy (non-hydrogen) atoms. The van der Waals surface area contributed by atoms with Gasteiger partial charge in [-0.3, -0.25) is 4.79 Å². The van der Waals surface area contributed by atoms with E-state index in [1.807, 2.05) is 0 Å². The van der Waals surface area contributed by atoms with E-state index in [9.17, 15) is 4.79 Å². The minimum absolute atomic E-state index is 0.0689. The SMILES string of the molecule is O=C(C#Cc1ccc(Cl)cc1)CCl. The van der Waals surface area contributed by atoms with Crippen molar-refractivity contribution in [3.8, 4) is 11.8 Å². The third-order valence-electron chi connectivity index (χ3n) is 1.31. The smallest absolute Gasteiger partial charge is 0.220 e. The fourth-order valence-corrected chi connectivity index (χ4v) is 0.901. The molecule has 66 valence electrons. The molecule has 0 amide bonds. The standard InChI is InChI=1S/C10H6Cl2O/c11-7-10(13)6-3-8-1-4-9(12)5-2-8/h1-2,4-5H,7H2. The van der Waals surface area contributed by atoms with E-state index in [0.717, 1.165) is 5.56 Å². The lowest BCUT2D eigenvalue weighted by Gasteiger charge is -1.89. The van der Waals surface area contributed by atoms with Crippen molar-refractivity contribution in [2.24, 2.45) is 0 Å². The zero-order valence-electron chi connectivity index (χ0n) is 6.68. The van der Waals surface area contributed by atoms with Crippen molar-refractivity contribution >= 4 is 29.0 Å². The second kappa shape index (κ2) is 4.91. The summed E-state index contributed by atoms with van der Waals surface area (Å²) < 4.78 is 0. The molecule has 1 nitrogen and oxygen atoms in total. The van der Waals surface area contributed by atoms with E-state index in [1.165, 1.54) is 0 Å². The highest BCUT2D eigenvalue weighted by atomic mass is 35.5. The summed E-state index contributed by atoms with van der Waals surface area (Å²) in [7, 11) is 0. The van der Waals surface area contributed by atoms with E-state index < -0.39 is 0 Å². The van der Waals surface area contributed by atoms with Crippen LogP contribution >= 0.6 is 23.2 Å². The van der Waals surface area contributed by atoms with Crippen molar-refractivity contribution in [2.45, 2.75) is 0 Å². The van der Waals surface area contributed by atoms with Gasteiger partial charge in [-0.1, -0.05) is 17.5 Å². The van der Waals surface area contributed by atoms with Crippen LogP contribution in [0.15, 0.2) is 24.3 Å². The van der Waals surface area contributed by atoms with E-state index in [2.05, 4.69) is 11.8 Å². The van der Waals surface area contributed by atoms with E-state index >= 15 is 0 Å². The molecule has 0 bridgehead atoms. The van der Waals surface area contributed by atoms with Gasteiger partial charge in [0.15, 0.2) is 0 Å². The van der Waals surface area contributed by atoms with Crippen LogP contribution in [0, 0.1) is 11.8 Å². The van der Waals surface area contributed by atoms with E-state index in [-0.39, 0.29) is 11.7 Å². The molecule has 1 aromatic carbocycles. The topological polar surface area (TPSA) is 17.1 Å². The highest BCUT2D eigenvalue weighted by Gasteiger charge is 1.91. The van der Waals surface area contributed by atoms with Gasteiger partial charge in [-0.05, 0) is 30.2 Å². The van der Waals surface area contributed by atoms with Crippen LogP contribution in [0.5, 0.6) is 0 Å². The molecule has 0 spiro atoms. The summed E-state index contributed by atoms with van der Waals surface area (Å²) in [5.41, 5.74) is 0.753. The van der Waals surface area contributed by atoms with Crippen molar-refractivity contribution in [3.63, 3.8) is 0 Å². The van der Waals surface area contributed by atoms with Gasteiger partial charge in [-0.2, -0.15) is 0 Å². The predicted octanol–water partition coefficient (Wildman–Crippen LogP) is 2.50. The zero-order valence-corrected chi connectivity index (χ0v) is 8.19. The predicted molar refractivity (Wildman–Crippen MR) is 54.1 cm³/mol. The molecular formula is C10H6Cl2O. The van der Waals surface area contributed by atoms with Crippen LogP contribution in [-0.2, 0) is 4.79 Å². The lowest BCUT2D eigenvalue weighted by atomic mass is 10.2. The summed E-state index contributed by atoms with van der Waals surface area (Å²) in [6.07, 6.45) is 0. The van der Waals surface area contributed by atoms with Gasteiger partial charge in [0, 0.05) is 10.6 Å². The van der Waals surface area contributed by atoms with Gasteiger partial charge in [-0.15, -0.1) is 11.6 Å². The van der Waals surface area contributed by atoms with Crippen molar-refractivity contribution in [3.05, 3.63) is 34.9 Å². The largest absolute Gasteiger partial charge is 0.284 e. The second-order valence-corrected chi connectivity index (χ2v) is 3.02. The van der Waals surface area contributed by atoms with Gasteiger partial charge in [0.2, 0.25) is 5.78 Å². The summed E-state index contributed by atoms with van der Waals surface area (Å²) in [6.45, 7) is 0. The molecule has 0 fully saturated rings. The quantitative estimate of drug-likeness (QED) is 0.517. The first kappa shape index (κ1) is 10.1. The molecule has 0 aromatic heterocycles. The first-order chi connectivity index (χ1) is 6.22. The van der Waals surface area contributed by atoms with Crippen molar-refractivity contribution < 1.29 is 4.79 Å². The van der Waals surface area contributed by atoms with Crippen molar-refractivity contribution in [1.29, 1.82) is 0 Å². The number of hydrogen-bond donors (Lipinski definition) is 0. The normalized spacial score (nSPS) is 8.77. The van der Waals surface area contributed by atoms with Crippen LogP contribution in [0.4, 0.5) is 0 Å². The summed E-state index contributed by atoms with van der Waals surface area (Å²) >= 11 is 10.9. The number of alkyl halides is 1. The Balaban J connectivity index is 2.78. The molecular weight excluding hydrogens is 207 g/mol. The maximum Gasteiger partial charge on any atom is 0.220 e. The third kappa shape index (κ3) is 3.50. The number of Topliss-reactive ketones (excluding diaryl/α,β-unsaturated/α-hetero) is 1. The molecule has 0 saturated carbocycles. The minimum Gasteiger partial charge on any atom is -0.284 e.